The molecule has 2 aromatic carbocycles. The summed E-state index contributed by atoms with van der Waals surface area (Å²) in [6.07, 6.45) is 0. The van der Waals surface area contributed by atoms with Crippen molar-refractivity contribution in [3.8, 4) is 0 Å². The highest BCUT2D eigenvalue weighted by atomic mass is 79.9. The highest BCUT2D eigenvalue weighted by Crippen LogP contribution is 2.18. The molecule has 1 atom stereocenters. The fraction of sp³-hybridized carbons (Fsp3) is 0.235. The van der Waals surface area contributed by atoms with E-state index in [9.17, 15) is 0 Å². The van der Waals surface area contributed by atoms with Gasteiger partial charge in [-0.2, -0.15) is 0 Å². The van der Waals surface area contributed by atoms with Gasteiger partial charge in [0.1, 0.15) is 0 Å². The standard InChI is InChI=1S/C17H19BrN2S/c1-20(11-13-7-9-15(18)10-8-13)12-16(17(19)21)14-5-3-2-4-6-14/h2-10,16H,11-12H2,1H3,(H2,19,21). The van der Waals surface area contributed by atoms with Crippen LogP contribution >= 0.6 is 28.1 Å². The monoisotopic (exact) mass is 362 g/mol. The third-order valence-electron chi connectivity index (χ3n) is 3.41. The van der Waals surface area contributed by atoms with E-state index in [-0.39, 0.29) is 5.92 Å². The minimum absolute atomic E-state index is 0.0849. The number of rotatable bonds is 6. The van der Waals surface area contributed by atoms with E-state index in [4.69, 9.17) is 18.0 Å². The summed E-state index contributed by atoms with van der Waals surface area (Å²) in [6, 6.07) is 18.6. The van der Waals surface area contributed by atoms with Crippen LogP contribution in [0.5, 0.6) is 0 Å². The number of nitrogens with two attached hydrogens (primary N) is 1. The quantitative estimate of drug-likeness (QED) is 0.788. The predicted molar refractivity (Wildman–Crippen MR) is 96.4 cm³/mol. The van der Waals surface area contributed by atoms with Crippen molar-refractivity contribution in [2.45, 2.75) is 12.5 Å². The third kappa shape index (κ3) is 4.92. The summed E-state index contributed by atoms with van der Waals surface area (Å²) in [6.45, 7) is 1.69. The van der Waals surface area contributed by atoms with Crippen LogP contribution in [0.25, 0.3) is 0 Å². The highest BCUT2D eigenvalue weighted by molar-refractivity contribution is 9.10. The summed E-state index contributed by atoms with van der Waals surface area (Å²) in [5.74, 6) is 0.0849. The molecule has 0 bridgehead atoms. The van der Waals surface area contributed by atoms with E-state index in [0.717, 1.165) is 17.6 Å². The lowest BCUT2D eigenvalue weighted by molar-refractivity contribution is 0.323. The zero-order chi connectivity index (χ0) is 15.2. The highest BCUT2D eigenvalue weighted by Gasteiger charge is 2.16. The van der Waals surface area contributed by atoms with Crippen molar-refractivity contribution in [3.63, 3.8) is 0 Å². The maximum absolute atomic E-state index is 5.93. The summed E-state index contributed by atoms with van der Waals surface area (Å²) >= 11 is 8.70. The van der Waals surface area contributed by atoms with E-state index in [1.807, 2.05) is 18.2 Å². The Kier molecular flexibility index (Phi) is 5.91. The molecular weight excluding hydrogens is 344 g/mol. The number of nitrogens with zero attached hydrogens (tertiary/aromatic N) is 1. The zero-order valence-corrected chi connectivity index (χ0v) is 14.4. The Morgan fingerprint density at radius 3 is 2.33 bits per heavy atom. The summed E-state index contributed by atoms with van der Waals surface area (Å²) in [7, 11) is 2.09. The molecule has 0 spiro atoms. The fourth-order valence-corrected chi connectivity index (χ4v) is 2.80. The summed E-state index contributed by atoms with van der Waals surface area (Å²) in [4.78, 5) is 2.80. The number of halogens is 1. The maximum Gasteiger partial charge on any atom is 0.0816 e. The topological polar surface area (TPSA) is 29.3 Å². The van der Waals surface area contributed by atoms with Crippen molar-refractivity contribution >= 4 is 33.1 Å². The second-order valence-corrected chi connectivity index (χ2v) is 6.58. The molecule has 2 nitrogen and oxygen atoms in total. The molecule has 0 fully saturated rings. The van der Waals surface area contributed by atoms with Gasteiger partial charge in [-0.1, -0.05) is 70.6 Å². The van der Waals surface area contributed by atoms with Gasteiger partial charge in [0.05, 0.1) is 4.99 Å². The molecule has 0 heterocycles. The molecule has 0 radical (unpaired) electrons. The van der Waals surface area contributed by atoms with E-state index >= 15 is 0 Å². The van der Waals surface area contributed by atoms with Gasteiger partial charge in [-0.25, -0.2) is 0 Å². The first-order valence-corrected chi connectivity index (χ1v) is 8.03. The van der Waals surface area contributed by atoms with Gasteiger partial charge >= 0.3 is 0 Å². The first kappa shape index (κ1) is 16.1. The molecule has 2 rings (SSSR count). The van der Waals surface area contributed by atoms with Crippen LogP contribution in [0.15, 0.2) is 59.1 Å². The van der Waals surface area contributed by atoms with E-state index < -0.39 is 0 Å². The molecule has 2 N–H and O–H groups in total. The van der Waals surface area contributed by atoms with Crippen molar-refractivity contribution in [2.24, 2.45) is 5.73 Å². The Bertz CT molecular complexity index is 583. The lowest BCUT2D eigenvalue weighted by atomic mass is 9.98. The van der Waals surface area contributed by atoms with Crippen LogP contribution in [0.3, 0.4) is 0 Å². The van der Waals surface area contributed by atoms with Gasteiger partial charge < -0.3 is 10.6 Å². The number of likely N-dealkylation sites (N-methyl/N-ethyl adjacent to an activating group) is 1. The van der Waals surface area contributed by atoms with Gasteiger partial charge in [-0.15, -0.1) is 0 Å². The first-order chi connectivity index (χ1) is 10.1. The first-order valence-electron chi connectivity index (χ1n) is 6.83. The minimum Gasteiger partial charge on any atom is -0.393 e. The van der Waals surface area contributed by atoms with Gasteiger partial charge in [-0.05, 0) is 30.3 Å². The van der Waals surface area contributed by atoms with Gasteiger partial charge in [0, 0.05) is 23.5 Å². The van der Waals surface area contributed by atoms with E-state index in [0.29, 0.717) is 4.99 Å². The van der Waals surface area contributed by atoms with Crippen LogP contribution in [-0.4, -0.2) is 23.5 Å². The number of benzene rings is 2. The van der Waals surface area contributed by atoms with Crippen molar-refractivity contribution in [1.82, 2.24) is 4.90 Å². The molecule has 1 unspecified atom stereocenters. The summed E-state index contributed by atoms with van der Waals surface area (Å²) < 4.78 is 1.10. The van der Waals surface area contributed by atoms with E-state index in [2.05, 4.69) is 64.3 Å². The molecular formula is C17H19BrN2S. The fourth-order valence-electron chi connectivity index (χ4n) is 2.32. The van der Waals surface area contributed by atoms with Crippen molar-refractivity contribution < 1.29 is 0 Å². The van der Waals surface area contributed by atoms with Gasteiger partial charge in [0.15, 0.2) is 0 Å². The van der Waals surface area contributed by atoms with Gasteiger partial charge in [0.25, 0.3) is 0 Å². The molecule has 0 saturated heterocycles. The number of hydrogen-bond donors (Lipinski definition) is 1. The Hall–Kier alpha value is -1.23. The molecule has 4 heteroatoms. The smallest absolute Gasteiger partial charge is 0.0816 e. The second-order valence-electron chi connectivity index (χ2n) is 5.19. The average Bonchev–Trinajstić information content (AvgIpc) is 2.48. The van der Waals surface area contributed by atoms with Crippen LogP contribution in [0, 0.1) is 0 Å². The minimum atomic E-state index is 0.0849. The van der Waals surface area contributed by atoms with Crippen LogP contribution in [0.1, 0.15) is 17.0 Å². The molecule has 0 aliphatic carbocycles. The maximum atomic E-state index is 5.93. The Morgan fingerprint density at radius 2 is 1.76 bits per heavy atom. The predicted octanol–water partition coefficient (Wildman–Crippen LogP) is 3.95. The van der Waals surface area contributed by atoms with Gasteiger partial charge in [0.2, 0.25) is 0 Å². The molecule has 110 valence electrons. The Labute approximate surface area is 140 Å². The molecule has 0 aliphatic rings. The molecule has 0 aliphatic heterocycles. The summed E-state index contributed by atoms with van der Waals surface area (Å²) in [5, 5.41) is 0. The molecule has 0 aromatic heterocycles. The molecule has 0 amide bonds. The van der Waals surface area contributed by atoms with E-state index in [1.54, 1.807) is 0 Å². The number of thiocarbonyl (C=S) groups is 1. The zero-order valence-electron chi connectivity index (χ0n) is 12.0. The van der Waals surface area contributed by atoms with Crippen LogP contribution in [-0.2, 0) is 6.54 Å². The second kappa shape index (κ2) is 7.69. The third-order valence-corrected chi connectivity index (χ3v) is 4.22. The van der Waals surface area contributed by atoms with Crippen molar-refractivity contribution in [2.75, 3.05) is 13.6 Å². The molecule has 21 heavy (non-hydrogen) atoms. The summed E-state index contributed by atoms with van der Waals surface area (Å²) in [5.41, 5.74) is 8.38. The Balaban J connectivity index is 2.03. The van der Waals surface area contributed by atoms with Crippen molar-refractivity contribution in [1.29, 1.82) is 0 Å². The van der Waals surface area contributed by atoms with Crippen molar-refractivity contribution in [3.05, 3.63) is 70.2 Å². The average molecular weight is 363 g/mol. The van der Waals surface area contributed by atoms with E-state index in [1.165, 1.54) is 11.1 Å². The van der Waals surface area contributed by atoms with Crippen LogP contribution in [0.4, 0.5) is 0 Å². The lowest BCUT2D eigenvalue weighted by Crippen LogP contribution is -2.31. The normalized spacial score (nSPS) is 12.3. The largest absolute Gasteiger partial charge is 0.393 e. The molecule has 0 saturated carbocycles. The van der Waals surface area contributed by atoms with Crippen LogP contribution < -0.4 is 5.73 Å². The molecule has 2 aromatic rings. The lowest BCUT2D eigenvalue weighted by Gasteiger charge is -2.24. The van der Waals surface area contributed by atoms with Crippen LogP contribution in [0.2, 0.25) is 0 Å². The number of hydrogen-bond acceptors (Lipinski definition) is 2. The SMILES string of the molecule is CN(Cc1ccc(Br)cc1)CC(C(N)=S)c1ccccc1. The van der Waals surface area contributed by atoms with Gasteiger partial charge in [-0.3, -0.25) is 0 Å². The Morgan fingerprint density at radius 1 is 1.14 bits per heavy atom.